The highest BCUT2D eigenvalue weighted by molar-refractivity contribution is 5.98. The third-order valence-corrected chi connectivity index (χ3v) is 6.95. The summed E-state index contributed by atoms with van der Waals surface area (Å²) in [4.78, 5) is 32.1. The minimum atomic E-state index is -4.84. The highest BCUT2D eigenvalue weighted by Crippen LogP contribution is 2.37. The molecule has 1 fully saturated rings. The van der Waals surface area contributed by atoms with Crippen LogP contribution < -0.4 is 15.6 Å². The van der Waals surface area contributed by atoms with Gasteiger partial charge in [-0.2, -0.15) is 13.2 Å². The monoisotopic (exact) mass is 574 g/mol. The van der Waals surface area contributed by atoms with Gasteiger partial charge in [0.15, 0.2) is 5.65 Å². The van der Waals surface area contributed by atoms with E-state index in [4.69, 9.17) is 0 Å². The standard InChI is InChI=1S/C26H28F6N4O4/c1-11(2)6-19(26(30,31)32)33-25(40)14-8-36(22-16(28)7-15(27)12(3)21(22)29)24-13(23(14)39)4-5-20(34-24)35-9-17(37)18(38)10-35/h4-5,7-8,11-12,15,17-19,37-38H,6,9-10H2,1-3H3,(H,33,40)/t12?,15?,17-,18-,19+/m1/s1. The minimum Gasteiger partial charge on any atom is -0.389 e. The number of halogens is 6. The number of rotatable bonds is 6. The Morgan fingerprint density at radius 2 is 1.80 bits per heavy atom. The molecular weight excluding hydrogens is 546 g/mol. The lowest BCUT2D eigenvalue weighted by atomic mass is 9.96. The van der Waals surface area contributed by atoms with Crippen LogP contribution in [0.15, 0.2) is 40.9 Å². The van der Waals surface area contributed by atoms with E-state index in [0.29, 0.717) is 16.8 Å². The van der Waals surface area contributed by atoms with Crippen molar-refractivity contribution in [3.05, 3.63) is 51.8 Å². The molecule has 1 aliphatic carbocycles. The van der Waals surface area contributed by atoms with Crippen LogP contribution in [-0.2, 0) is 0 Å². The highest BCUT2D eigenvalue weighted by Gasteiger charge is 2.41. The fourth-order valence-electron chi connectivity index (χ4n) is 4.70. The van der Waals surface area contributed by atoms with Gasteiger partial charge in [-0.05, 0) is 30.5 Å². The van der Waals surface area contributed by atoms with E-state index in [2.05, 4.69) is 4.98 Å². The molecule has 0 spiro atoms. The van der Waals surface area contributed by atoms with E-state index in [1.54, 1.807) is 5.32 Å². The van der Waals surface area contributed by atoms with Crippen LogP contribution in [0.2, 0.25) is 0 Å². The predicted molar refractivity (Wildman–Crippen MR) is 135 cm³/mol. The van der Waals surface area contributed by atoms with Gasteiger partial charge < -0.3 is 20.4 Å². The molecule has 3 heterocycles. The van der Waals surface area contributed by atoms with E-state index >= 15 is 8.78 Å². The number of β-amino-alcohol motifs (C(OH)–C–C–N with tert-alkyl or cyclic N) is 2. The molecule has 4 rings (SSSR count). The van der Waals surface area contributed by atoms with Crippen molar-refractivity contribution in [2.24, 2.45) is 11.8 Å². The van der Waals surface area contributed by atoms with E-state index in [0.717, 1.165) is 6.92 Å². The molecule has 14 heteroatoms. The fraction of sp³-hybridized carbons (Fsp3) is 0.500. The first kappa shape index (κ1) is 29.6. The van der Waals surface area contributed by atoms with Gasteiger partial charge in [0.05, 0.1) is 17.6 Å². The number of carbonyl (C=O) groups excluding carboxylic acids is 1. The Labute approximate surface area is 224 Å². The van der Waals surface area contributed by atoms with E-state index in [1.165, 1.54) is 30.9 Å². The lowest BCUT2D eigenvalue weighted by molar-refractivity contribution is -0.156. The third-order valence-electron chi connectivity index (χ3n) is 6.95. The summed E-state index contributed by atoms with van der Waals surface area (Å²) >= 11 is 0. The first-order chi connectivity index (χ1) is 18.6. The molecule has 2 aromatic rings. The van der Waals surface area contributed by atoms with Crippen molar-refractivity contribution >= 4 is 28.5 Å². The molecule has 2 aromatic heterocycles. The molecule has 8 nitrogen and oxygen atoms in total. The number of nitrogens with one attached hydrogen (secondary N) is 1. The Morgan fingerprint density at radius 1 is 1.18 bits per heavy atom. The Hall–Kier alpha value is -3.39. The number of hydrogen-bond donors (Lipinski definition) is 3. The van der Waals surface area contributed by atoms with Gasteiger partial charge in [-0.15, -0.1) is 0 Å². The molecule has 0 aromatic carbocycles. The van der Waals surface area contributed by atoms with Gasteiger partial charge in [-0.25, -0.2) is 18.2 Å². The number of aliphatic hydroxyl groups excluding tert-OH is 2. The minimum absolute atomic E-state index is 0.0506. The first-order valence-electron chi connectivity index (χ1n) is 12.6. The predicted octanol–water partition coefficient (Wildman–Crippen LogP) is 3.62. The summed E-state index contributed by atoms with van der Waals surface area (Å²) in [5.41, 5.74) is -3.12. The molecule has 0 radical (unpaired) electrons. The second kappa shape index (κ2) is 10.9. The second-order valence-corrected chi connectivity index (χ2v) is 10.5. The number of aliphatic hydroxyl groups is 2. The molecule has 3 N–H and O–H groups in total. The number of amides is 1. The first-order valence-corrected chi connectivity index (χ1v) is 12.6. The van der Waals surface area contributed by atoms with Crippen LogP contribution in [0, 0.1) is 11.8 Å². The molecule has 5 atom stereocenters. The van der Waals surface area contributed by atoms with Crippen molar-refractivity contribution in [3.8, 4) is 0 Å². The van der Waals surface area contributed by atoms with Crippen LogP contribution in [0.25, 0.3) is 16.7 Å². The van der Waals surface area contributed by atoms with Crippen LogP contribution in [-0.4, -0.2) is 69.4 Å². The zero-order valence-corrected chi connectivity index (χ0v) is 21.7. The molecule has 0 saturated carbocycles. The van der Waals surface area contributed by atoms with E-state index in [9.17, 15) is 37.4 Å². The smallest absolute Gasteiger partial charge is 0.389 e. The van der Waals surface area contributed by atoms with Crippen molar-refractivity contribution in [1.82, 2.24) is 14.9 Å². The fourth-order valence-corrected chi connectivity index (χ4v) is 4.70. The van der Waals surface area contributed by atoms with Crippen LogP contribution in [0.5, 0.6) is 0 Å². The van der Waals surface area contributed by atoms with Crippen molar-refractivity contribution in [3.63, 3.8) is 0 Å². The van der Waals surface area contributed by atoms with Gasteiger partial charge >= 0.3 is 6.18 Å². The second-order valence-electron chi connectivity index (χ2n) is 10.5. The summed E-state index contributed by atoms with van der Waals surface area (Å²) in [6.45, 7) is 4.08. The summed E-state index contributed by atoms with van der Waals surface area (Å²) in [7, 11) is 0. The van der Waals surface area contributed by atoms with Crippen LogP contribution in [0.3, 0.4) is 0 Å². The molecular formula is C26H28F6N4O4. The topological polar surface area (TPSA) is 108 Å². The number of pyridine rings is 2. The van der Waals surface area contributed by atoms with Crippen LogP contribution in [0.1, 0.15) is 37.6 Å². The average Bonchev–Trinajstić information content (AvgIpc) is 3.20. The zero-order valence-electron chi connectivity index (χ0n) is 21.7. The van der Waals surface area contributed by atoms with Crippen molar-refractivity contribution in [2.75, 3.05) is 18.0 Å². The lowest BCUT2D eigenvalue weighted by Gasteiger charge is -2.25. The molecule has 2 aliphatic rings. The summed E-state index contributed by atoms with van der Waals surface area (Å²) < 4.78 is 86.1. The largest absolute Gasteiger partial charge is 0.408 e. The number of nitrogens with zero attached hydrogens (tertiary/aromatic N) is 3. The van der Waals surface area contributed by atoms with Crippen molar-refractivity contribution < 1.29 is 41.4 Å². The maximum Gasteiger partial charge on any atom is 0.408 e. The number of fused-ring (bicyclic) bond motifs is 1. The van der Waals surface area contributed by atoms with Crippen molar-refractivity contribution in [2.45, 2.75) is 57.8 Å². The van der Waals surface area contributed by atoms with E-state index < -0.39 is 83.1 Å². The van der Waals surface area contributed by atoms with Gasteiger partial charge in [0.2, 0.25) is 5.43 Å². The van der Waals surface area contributed by atoms with Crippen LogP contribution in [0.4, 0.5) is 32.2 Å². The Kier molecular flexibility index (Phi) is 8.05. The lowest BCUT2D eigenvalue weighted by Crippen LogP contribution is -2.47. The summed E-state index contributed by atoms with van der Waals surface area (Å²) in [5.74, 6) is -5.88. The van der Waals surface area contributed by atoms with Gasteiger partial charge in [0, 0.05) is 25.2 Å². The molecule has 218 valence electrons. The Morgan fingerprint density at radius 3 is 2.38 bits per heavy atom. The molecule has 40 heavy (non-hydrogen) atoms. The third kappa shape index (κ3) is 5.59. The average molecular weight is 575 g/mol. The number of hydrogen-bond acceptors (Lipinski definition) is 6. The maximum atomic E-state index is 15.3. The summed E-state index contributed by atoms with van der Waals surface area (Å²) in [6.07, 6.45) is -8.37. The summed E-state index contributed by atoms with van der Waals surface area (Å²) in [5, 5.41) is 21.3. The molecule has 1 aliphatic heterocycles. The highest BCUT2D eigenvalue weighted by atomic mass is 19.4. The van der Waals surface area contributed by atoms with Gasteiger partial charge in [0.1, 0.15) is 40.9 Å². The number of allylic oxidation sites excluding steroid dienone is 4. The number of alkyl halides is 4. The Balaban J connectivity index is 1.92. The Bertz CT molecular complexity index is 1430. The number of aromatic nitrogens is 2. The molecule has 1 amide bonds. The quantitative estimate of drug-likeness (QED) is 0.455. The zero-order chi connectivity index (χ0) is 29.7. The maximum absolute atomic E-state index is 15.3. The normalized spacial score (nSPS) is 24.6. The number of carbonyl (C=O) groups is 1. The van der Waals surface area contributed by atoms with Gasteiger partial charge in [0.25, 0.3) is 5.91 Å². The molecule has 0 bridgehead atoms. The van der Waals surface area contributed by atoms with Crippen molar-refractivity contribution in [1.29, 1.82) is 0 Å². The summed E-state index contributed by atoms with van der Waals surface area (Å²) in [6, 6.07) is 0.173. The van der Waals surface area contributed by atoms with Gasteiger partial charge in [-0.3, -0.25) is 14.2 Å². The van der Waals surface area contributed by atoms with E-state index in [1.807, 2.05) is 0 Å². The number of anilines is 1. The van der Waals surface area contributed by atoms with Crippen LogP contribution >= 0.6 is 0 Å². The van der Waals surface area contributed by atoms with E-state index in [-0.39, 0.29) is 29.9 Å². The SMILES string of the molecule is CC(C)C[C@H](NC(=O)c1cn(C2=C(F)C(C)C(F)C=C2F)c2nc(N3C[C@@H](O)[C@H](O)C3)ccc2c1=O)C(F)(F)F. The molecule has 2 unspecified atom stereocenters. The molecule has 1 saturated heterocycles. The van der Waals surface area contributed by atoms with Gasteiger partial charge in [-0.1, -0.05) is 20.8 Å².